The van der Waals surface area contributed by atoms with E-state index >= 15 is 0 Å². The van der Waals surface area contributed by atoms with Gasteiger partial charge in [0.05, 0.1) is 10.4 Å². The lowest BCUT2D eigenvalue weighted by Gasteiger charge is -2.39. The standard InChI is InChI=1S/C21H21ClN6O2S/c1-14-13-26(10-11-27(14)31(29,30)17-7-5-6-16(22)12-17)21-23-19-9-4-3-8-18(19)20-25-24-15(2)28(20)21/h3-9,12,14H,10-11,13H2,1-2H3. The number of aryl methyl sites for hydroxylation is 1. The number of piperazine rings is 1. The molecule has 1 aliphatic heterocycles. The van der Waals surface area contributed by atoms with Crippen LogP contribution in [0.15, 0.2) is 53.4 Å². The number of fused-ring (bicyclic) bond motifs is 3. The van der Waals surface area contributed by atoms with Crippen LogP contribution in [0.3, 0.4) is 0 Å². The molecule has 0 saturated carbocycles. The zero-order chi connectivity index (χ0) is 21.8. The number of rotatable bonds is 3. The molecule has 0 amide bonds. The zero-order valence-corrected chi connectivity index (χ0v) is 18.7. The summed E-state index contributed by atoms with van der Waals surface area (Å²) in [6.07, 6.45) is 0. The third-order valence-corrected chi connectivity index (χ3v) is 7.89. The van der Waals surface area contributed by atoms with Crippen molar-refractivity contribution in [2.75, 3.05) is 24.5 Å². The van der Waals surface area contributed by atoms with Crippen molar-refractivity contribution in [3.05, 3.63) is 59.4 Å². The van der Waals surface area contributed by atoms with Crippen molar-refractivity contribution in [1.29, 1.82) is 0 Å². The summed E-state index contributed by atoms with van der Waals surface area (Å²) in [4.78, 5) is 7.19. The Bertz CT molecular complexity index is 1400. The molecule has 1 unspecified atom stereocenters. The monoisotopic (exact) mass is 456 g/mol. The number of hydrogen-bond donors (Lipinski definition) is 0. The Hall–Kier alpha value is -2.75. The molecule has 1 saturated heterocycles. The van der Waals surface area contributed by atoms with Crippen LogP contribution in [0.25, 0.3) is 16.6 Å². The number of nitrogens with zero attached hydrogens (tertiary/aromatic N) is 6. The summed E-state index contributed by atoms with van der Waals surface area (Å²) in [6.45, 7) is 5.14. The molecule has 0 aliphatic carbocycles. The molecular weight excluding hydrogens is 436 g/mol. The van der Waals surface area contributed by atoms with Gasteiger partial charge in [0.15, 0.2) is 5.65 Å². The maximum atomic E-state index is 13.2. The van der Waals surface area contributed by atoms with Gasteiger partial charge < -0.3 is 4.90 Å². The van der Waals surface area contributed by atoms with Crippen LogP contribution in [-0.4, -0.2) is 58.0 Å². The van der Waals surface area contributed by atoms with Gasteiger partial charge in [0.25, 0.3) is 0 Å². The van der Waals surface area contributed by atoms with E-state index in [1.54, 1.807) is 18.2 Å². The van der Waals surface area contributed by atoms with Crippen LogP contribution < -0.4 is 4.90 Å². The first-order valence-corrected chi connectivity index (χ1v) is 11.8. The lowest BCUT2D eigenvalue weighted by atomic mass is 10.2. The second-order valence-corrected chi connectivity index (χ2v) is 10.0. The smallest absolute Gasteiger partial charge is 0.243 e. The van der Waals surface area contributed by atoms with Crippen LogP contribution in [0.1, 0.15) is 12.7 Å². The van der Waals surface area contributed by atoms with Crippen LogP contribution in [0.4, 0.5) is 5.95 Å². The van der Waals surface area contributed by atoms with Gasteiger partial charge in [-0.2, -0.15) is 4.31 Å². The van der Waals surface area contributed by atoms with E-state index in [-0.39, 0.29) is 10.9 Å². The molecule has 4 aromatic rings. The van der Waals surface area contributed by atoms with Crippen LogP contribution in [0.5, 0.6) is 0 Å². The molecule has 2 aromatic heterocycles. The van der Waals surface area contributed by atoms with Gasteiger partial charge in [-0.25, -0.2) is 17.8 Å². The van der Waals surface area contributed by atoms with Crippen molar-refractivity contribution < 1.29 is 8.42 Å². The van der Waals surface area contributed by atoms with Gasteiger partial charge in [0.1, 0.15) is 5.82 Å². The van der Waals surface area contributed by atoms with Crippen LogP contribution in [0, 0.1) is 6.92 Å². The zero-order valence-electron chi connectivity index (χ0n) is 17.1. The molecule has 1 aliphatic rings. The summed E-state index contributed by atoms with van der Waals surface area (Å²) in [7, 11) is -3.64. The van der Waals surface area contributed by atoms with Gasteiger partial charge >= 0.3 is 0 Å². The van der Waals surface area contributed by atoms with Gasteiger partial charge in [0.2, 0.25) is 16.0 Å². The summed E-state index contributed by atoms with van der Waals surface area (Å²) in [5, 5.41) is 9.93. The predicted octanol–water partition coefficient (Wildman–Crippen LogP) is 3.14. The Balaban J connectivity index is 1.51. The second kappa shape index (κ2) is 7.44. The summed E-state index contributed by atoms with van der Waals surface area (Å²) in [5.41, 5.74) is 1.58. The summed E-state index contributed by atoms with van der Waals surface area (Å²) in [6, 6.07) is 14.0. The molecule has 160 valence electrons. The normalized spacial score (nSPS) is 18.2. The first-order chi connectivity index (χ1) is 14.9. The SMILES string of the molecule is Cc1nnc2c3ccccc3nc(N3CCN(S(=O)(=O)c4cccc(Cl)c4)C(C)C3)n12. The minimum Gasteiger partial charge on any atom is -0.339 e. The van der Waals surface area contributed by atoms with Crippen molar-refractivity contribution in [2.24, 2.45) is 0 Å². The average molecular weight is 457 g/mol. The predicted molar refractivity (Wildman–Crippen MR) is 120 cm³/mol. The molecule has 5 rings (SSSR count). The van der Waals surface area contributed by atoms with E-state index < -0.39 is 10.0 Å². The maximum absolute atomic E-state index is 13.2. The van der Waals surface area contributed by atoms with Crippen molar-refractivity contribution in [3.63, 3.8) is 0 Å². The Kier molecular flexibility index (Phi) is 4.84. The number of hydrogen-bond acceptors (Lipinski definition) is 6. The molecule has 0 N–H and O–H groups in total. The van der Waals surface area contributed by atoms with E-state index in [0.29, 0.717) is 24.7 Å². The molecule has 1 fully saturated rings. The Morgan fingerprint density at radius 3 is 2.65 bits per heavy atom. The number of sulfonamides is 1. The van der Waals surface area contributed by atoms with Crippen molar-refractivity contribution in [3.8, 4) is 0 Å². The fraction of sp³-hybridized carbons (Fsp3) is 0.286. The highest BCUT2D eigenvalue weighted by Crippen LogP contribution is 2.28. The lowest BCUT2D eigenvalue weighted by molar-refractivity contribution is 0.304. The molecule has 31 heavy (non-hydrogen) atoms. The highest BCUT2D eigenvalue weighted by molar-refractivity contribution is 7.89. The average Bonchev–Trinajstić information content (AvgIpc) is 3.15. The molecule has 0 spiro atoms. The van der Waals surface area contributed by atoms with Gasteiger partial charge in [-0.1, -0.05) is 29.8 Å². The summed E-state index contributed by atoms with van der Waals surface area (Å²) >= 11 is 6.02. The maximum Gasteiger partial charge on any atom is 0.243 e. The largest absolute Gasteiger partial charge is 0.339 e. The topological polar surface area (TPSA) is 83.7 Å². The summed E-state index contributed by atoms with van der Waals surface area (Å²) < 4.78 is 29.9. The molecule has 0 bridgehead atoms. The quantitative estimate of drug-likeness (QED) is 0.471. The molecule has 8 nitrogen and oxygen atoms in total. The van der Waals surface area contributed by atoms with Crippen LogP contribution in [-0.2, 0) is 10.0 Å². The van der Waals surface area contributed by atoms with Gasteiger partial charge in [0, 0.05) is 36.1 Å². The summed E-state index contributed by atoms with van der Waals surface area (Å²) in [5.74, 6) is 1.47. The second-order valence-electron chi connectivity index (χ2n) is 7.70. The number of aromatic nitrogens is 4. The van der Waals surface area contributed by atoms with Gasteiger partial charge in [-0.15, -0.1) is 10.2 Å². The van der Waals surface area contributed by atoms with E-state index in [2.05, 4.69) is 15.1 Å². The van der Waals surface area contributed by atoms with Gasteiger partial charge in [-0.05, 0) is 44.2 Å². The molecule has 0 radical (unpaired) electrons. The van der Waals surface area contributed by atoms with E-state index in [1.807, 2.05) is 42.5 Å². The highest BCUT2D eigenvalue weighted by Gasteiger charge is 2.35. The van der Waals surface area contributed by atoms with Crippen molar-refractivity contribution in [2.45, 2.75) is 24.8 Å². The Morgan fingerprint density at radius 1 is 1.06 bits per heavy atom. The lowest BCUT2D eigenvalue weighted by Crippen LogP contribution is -2.54. The fourth-order valence-corrected chi connectivity index (χ4v) is 6.06. The van der Waals surface area contributed by atoms with E-state index in [9.17, 15) is 8.42 Å². The molecular formula is C21H21ClN6O2S. The Morgan fingerprint density at radius 2 is 1.87 bits per heavy atom. The van der Waals surface area contributed by atoms with E-state index in [1.165, 1.54) is 10.4 Å². The molecule has 3 heterocycles. The number of anilines is 1. The van der Waals surface area contributed by atoms with E-state index in [0.717, 1.165) is 28.3 Å². The third-order valence-electron chi connectivity index (χ3n) is 5.64. The minimum atomic E-state index is -3.64. The number of para-hydroxylation sites is 1. The van der Waals surface area contributed by atoms with Crippen LogP contribution >= 0.6 is 11.6 Å². The van der Waals surface area contributed by atoms with E-state index in [4.69, 9.17) is 16.6 Å². The van der Waals surface area contributed by atoms with Crippen molar-refractivity contribution >= 4 is 44.1 Å². The first kappa shape index (κ1) is 20.2. The molecule has 1 atom stereocenters. The van der Waals surface area contributed by atoms with Gasteiger partial charge in [-0.3, -0.25) is 0 Å². The highest BCUT2D eigenvalue weighted by atomic mass is 35.5. The van der Waals surface area contributed by atoms with Crippen molar-refractivity contribution in [1.82, 2.24) is 23.9 Å². The van der Waals surface area contributed by atoms with Crippen LogP contribution in [0.2, 0.25) is 5.02 Å². The third kappa shape index (κ3) is 3.33. The number of benzene rings is 2. The molecule has 2 aromatic carbocycles. The first-order valence-electron chi connectivity index (χ1n) is 9.99. The minimum absolute atomic E-state index is 0.209. The molecule has 10 heteroatoms. The number of halogens is 1. The fourth-order valence-electron chi connectivity index (χ4n) is 4.15. The Labute approximate surface area is 185 Å².